The van der Waals surface area contributed by atoms with E-state index in [4.69, 9.17) is 24.4 Å². The van der Waals surface area contributed by atoms with Crippen molar-refractivity contribution in [3.8, 4) is 0 Å². The quantitative estimate of drug-likeness (QED) is 0.772. The van der Waals surface area contributed by atoms with Crippen LogP contribution in [0.15, 0.2) is 18.2 Å². The van der Waals surface area contributed by atoms with Crippen LogP contribution in [0.1, 0.15) is 42.6 Å². The fourth-order valence-corrected chi connectivity index (χ4v) is 2.19. The Hall–Kier alpha value is -1.00. The maximum absolute atomic E-state index is 4.83. The highest BCUT2D eigenvalue weighted by atomic mass is 32.1. The molecule has 1 rings (SSSR count). The Balaban J connectivity index is 3.00. The van der Waals surface area contributed by atoms with Crippen LogP contribution >= 0.6 is 24.4 Å². The molecule has 0 heterocycles. The van der Waals surface area contributed by atoms with Crippen molar-refractivity contribution in [2.45, 2.75) is 32.9 Å². The van der Waals surface area contributed by atoms with Gasteiger partial charge in [-0.2, -0.15) is 0 Å². The predicted octanol–water partition coefficient (Wildman–Crippen LogP) is 3.21. The van der Waals surface area contributed by atoms with Gasteiger partial charge >= 0.3 is 0 Å². The lowest BCUT2D eigenvalue weighted by Crippen LogP contribution is -2.18. The molecule has 0 saturated heterocycles. The topological polar surface area (TPSA) is 24.1 Å². The van der Waals surface area contributed by atoms with E-state index in [1.165, 1.54) is 16.7 Å². The van der Waals surface area contributed by atoms with Crippen LogP contribution in [-0.2, 0) is 0 Å². The van der Waals surface area contributed by atoms with Crippen molar-refractivity contribution < 1.29 is 0 Å². The lowest BCUT2D eigenvalue weighted by atomic mass is 9.97. The van der Waals surface area contributed by atoms with Gasteiger partial charge in [0.1, 0.15) is 0 Å². The second kappa shape index (κ2) is 6.67. The predicted molar refractivity (Wildman–Crippen MR) is 81.6 cm³/mol. The van der Waals surface area contributed by atoms with Gasteiger partial charge in [-0.05, 0) is 37.5 Å². The first kappa shape index (κ1) is 14.1. The van der Waals surface area contributed by atoms with E-state index >= 15 is 0 Å². The smallest absolute Gasteiger partial charge is 0.0619 e. The summed E-state index contributed by atoms with van der Waals surface area (Å²) in [5.41, 5.74) is 6.88. The lowest BCUT2D eigenvalue weighted by molar-refractivity contribution is 0.705. The molecule has 2 N–H and O–H groups in total. The molecule has 0 aromatic heterocycles. The Bertz CT molecular complexity index is 404. The molecule has 0 amide bonds. The number of hydrogen-bond acceptors (Lipinski definition) is 2. The minimum absolute atomic E-state index is 0.228. The summed E-state index contributed by atoms with van der Waals surface area (Å²) in [6.07, 6.45) is 0. The average molecular weight is 266 g/mol. The van der Waals surface area contributed by atoms with Gasteiger partial charge in [0.2, 0.25) is 0 Å². The second-order valence-corrected chi connectivity index (χ2v) is 4.60. The van der Waals surface area contributed by atoms with Crippen LogP contribution in [0, 0.1) is 6.92 Å². The summed E-state index contributed by atoms with van der Waals surface area (Å²) in [4.78, 5) is 0. The largest absolute Gasteiger partial charge is 0.376 e. The van der Waals surface area contributed by atoms with Gasteiger partial charge in [-0.25, -0.2) is 0 Å². The number of thiocarbonyl (C=S) groups is 2. The standard InChI is InChI=1S/C13H18N2S2/c1-9-4-5-12(10(2)14-7-16)6-13(9)11(3)15-8-17/h4-8,10-11H,1-3H3,(H,14,16)(H,15,17). The summed E-state index contributed by atoms with van der Waals surface area (Å²) >= 11 is 9.64. The van der Waals surface area contributed by atoms with Crippen LogP contribution in [0.25, 0.3) is 0 Å². The number of rotatable bonds is 6. The fraction of sp³-hybridized carbons (Fsp3) is 0.385. The van der Waals surface area contributed by atoms with Crippen LogP contribution in [0.5, 0.6) is 0 Å². The molecule has 2 unspecified atom stereocenters. The monoisotopic (exact) mass is 266 g/mol. The molecule has 0 aliphatic rings. The third-order valence-electron chi connectivity index (χ3n) is 2.91. The van der Waals surface area contributed by atoms with Crippen LogP contribution in [0.2, 0.25) is 0 Å². The molecule has 0 saturated carbocycles. The minimum atomic E-state index is 0.228. The normalized spacial score (nSPS) is 13.6. The Morgan fingerprint density at radius 1 is 1.06 bits per heavy atom. The van der Waals surface area contributed by atoms with Gasteiger partial charge in [0.25, 0.3) is 0 Å². The Morgan fingerprint density at radius 2 is 1.65 bits per heavy atom. The van der Waals surface area contributed by atoms with Gasteiger partial charge < -0.3 is 10.6 Å². The van der Waals surface area contributed by atoms with Gasteiger partial charge in [-0.15, -0.1) is 0 Å². The summed E-state index contributed by atoms with van der Waals surface area (Å²) in [5, 5.41) is 6.26. The summed E-state index contributed by atoms with van der Waals surface area (Å²) < 4.78 is 0. The third kappa shape index (κ3) is 3.75. The fourth-order valence-electron chi connectivity index (χ4n) is 1.78. The molecule has 0 spiro atoms. The molecule has 4 heteroatoms. The highest BCUT2D eigenvalue weighted by molar-refractivity contribution is 7.79. The molecule has 92 valence electrons. The van der Waals surface area contributed by atoms with Crippen LogP contribution in [-0.4, -0.2) is 11.0 Å². The number of aryl methyl sites for hydroxylation is 1. The highest BCUT2D eigenvalue weighted by Gasteiger charge is 2.10. The van der Waals surface area contributed by atoms with Crippen LogP contribution < -0.4 is 10.6 Å². The van der Waals surface area contributed by atoms with Gasteiger partial charge in [-0.1, -0.05) is 42.6 Å². The van der Waals surface area contributed by atoms with Gasteiger partial charge in [0.15, 0.2) is 0 Å². The molecular weight excluding hydrogens is 248 g/mol. The van der Waals surface area contributed by atoms with E-state index in [2.05, 4.69) is 49.6 Å². The molecule has 0 radical (unpaired) electrons. The molecule has 17 heavy (non-hydrogen) atoms. The first-order chi connectivity index (χ1) is 8.10. The van der Waals surface area contributed by atoms with Crippen LogP contribution in [0.4, 0.5) is 0 Å². The zero-order valence-corrected chi connectivity index (χ0v) is 12.0. The molecular formula is C13H18N2S2. The van der Waals surface area contributed by atoms with Gasteiger partial charge in [-0.3, -0.25) is 0 Å². The molecule has 0 bridgehead atoms. The molecule has 0 aliphatic carbocycles. The molecule has 0 aliphatic heterocycles. The molecule has 1 aromatic carbocycles. The minimum Gasteiger partial charge on any atom is -0.376 e. The van der Waals surface area contributed by atoms with Crippen molar-refractivity contribution in [3.05, 3.63) is 34.9 Å². The number of hydrogen-bond donors (Lipinski definition) is 2. The van der Waals surface area contributed by atoms with Crippen molar-refractivity contribution in [2.75, 3.05) is 0 Å². The average Bonchev–Trinajstić information content (AvgIpc) is 2.30. The Morgan fingerprint density at radius 3 is 2.24 bits per heavy atom. The van der Waals surface area contributed by atoms with Gasteiger partial charge in [0, 0.05) is 12.1 Å². The van der Waals surface area contributed by atoms with E-state index in [1.54, 1.807) is 11.0 Å². The number of nitrogens with one attached hydrogen (secondary N) is 2. The second-order valence-electron chi connectivity index (χ2n) is 4.13. The molecule has 2 nitrogen and oxygen atoms in total. The molecule has 0 fully saturated rings. The molecule has 1 aromatic rings. The van der Waals surface area contributed by atoms with Crippen LogP contribution in [0.3, 0.4) is 0 Å². The summed E-state index contributed by atoms with van der Waals surface area (Å²) in [6, 6.07) is 6.91. The van der Waals surface area contributed by atoms with E-state index in [0.717, 1.165) is 0 Å². The summed E-state index contributed by atoms with van der Waals surface area (Å²) in [5.74, 6) is 0. The zero-order chi connectivity index (χ0) is 12.8. The van der Waals surface area contributed by atoms with Crippen molar-refractivity contribution in [2.24, 2.45) is 0 Å². The summed E-state index contributed by atoms with van der Waals surface area (Å²) in [7, 11) is 0. The van der Waals surface area contributed by atoms with Crippen molar-refractivity contribution in [1.29, 1.82) is 0 Å². The highest BCUT2D eigenvalue weighted by Crippen LogP contribution is 2.22. The maximum Gasteiger partial charge on any atom is 0.0619 e. The van der Waals surface area contributed by atoms with E-state index in [0.29, 0.717) is 0 Å². The SMILES string of the molecule is Cc1ccc(C(C)NC=S)cc1C(C)NC=S. The van der Waals surface area contributed by atoms with Gasteiger partial charge in [0.05, 0.1) is 11.0 Å². The van der Waals surface area contributed by atoms with E-state index in [9.17, 15) is 0 Å². The van der Waals surface area contributed by atoms with E-state index in [-0.39, 0.29) is 12.1 Å². The first-order valence-corrected chi connectivity index (χ1v) is 6.54. The lowest BCUT2D eigenvalue weighted by Gasteiger charge is -2.18. The Labute approximate surface area is 114 Å². The van der Waals surface area contributed by atoms with Crippen molar-refractivity contribution in [1.82, 2.24) is 10.6 Å². The zero-order valence-electron chi connectivity index (χ0n) is 10.4. The summed E-state index contributed by atoms with van der Waals surface area (Å²) in [6.45, 7) is 6.30. The number of benzene rings is 1. The van der Waals surface area contributed by atoms with Crippen molar-refractivity contribution in [3.63, 3.8) is 0 Å². The third-order valence-corrected chi connectivity index (χ3v) is 3.18. The van der Waals surface area contributed by atoms with E-state index in [1.807, 2.05) is 0 Å². The first-order valence-electron chi connectivity index (χ1n) is 5.60. The van der Waals surface area contributed by atoms with Crippen molar-refractivity contribution >= 4 is 35.4 Å². The molecule has 2 atom stereocenters. The Kier molecular flexibility index (Phi) is 5.51. The van der Waals surface area contributed by atoms with E-state index < -0.39 is 0 Å². The maximum atomic E-state index is 4.83.